The number of hydrogen-bond acceptors (Lipinski definition) is 6. The first-order valence-electron chi connectivity index (χ1n) is 7.19. The van der Waals surface area contributed by atoms with Crippen LogP contribution in [0.5, 0.6) is 0 Å². The van der Waals surface area contributed by atoms with Crippen molar-refractivity contribution in [3.8, 4) is 0 Å². The van der Waals surface area contributed by atoms with Gasteiger partial charge in [0, 0.05) is 12.1 Å². The number of tetrazole rings is 1. The van der Waals surface area contributed by atoms with Crippen LogP contribution in [-0.2, 0) is 0 Å². The number of anilines is 1. The van der Waals surface area contributed by atoms with Crippen molar-refractivity contribution in [3.63, 3.8) is 0 Å². The molecule has 2 aromatic rings. The Bertz CT molecular complexity index is 571. The van der Waals surface area contributed by atoms with Crippen LogP contribution in [0.3, 0.4) is 0 Å². The molecule has 0 saturated carbocycles. The number of likely N-dealkylation sites (tertiary alicyclic amines) is 1. The Balaban J connectivity index is 1.65. The second kappa shape index (κ2) is 5.32. The molecule has 0 amide bonds. The lowest BCUT2D eigenvalue weighted by Gasteiger charge is -2.41. The Morgan fingerprint density at radius 1 is 1.20 bits per heavy atom. The lowest BCUT2D eigenvalue weighted by molar-refractivity contribution is 0.105. The van der Waals surface area contributed by atoms with Gasteiger partial charge in [-0.3, -0.25) is 4.90 Å². The zero-order chi connectivity index (χ0) is 14.0. The van der Waals surface area contributed by atoms with E-state index in [1.807, 2.05) is 12.1 Å². The van der Waals surface area contributed by atoms with Crippen LogP contribution >= 0.6 is 0 Å². The highest BCUT2D eigenvalue weighted by molar-refractivity contribution is 5.42. The van der Waals surface area contributed by atoms with Gasteiger partial charge in [-0.05, 0) is 62.3 Å². The van der Waals surface area contributed by atoms with Crippen LogP contribution in [0.2, 0.25) is 0 Å². The Morgan fingerprint density at radius 2 is 2.00 bits per heavy atom. The van der Waals surface area contributed by atoms with E-state index in [1.54, 1.807) is 0 Å². The molecular formula is C13H21N7. The Hall–Kier alpha value is -1.76. The van der Waals surface area contributed by atoms with Gasteiger partial charge in [-0.25, -0.2) is 0 Å². The van der Waals surface area contributed by atoms with E-state index in [2.05, 4.69) is 44.7 Å². The van der Waals surface area contributed by atoms with Gasteiger partial charge in [0.2, 0.25) is 0 Å². The van der Waals surface area contributed by atoms with Gasteiger partial charge in [0.1, 0.15) is 5.82 Å². The molecule has 0 atom stereocenters. The molecule has 108 valence electrons. The van der Waals surface area contributed by atoms with Crippen LogP contribution in [0.25, 0.3) is 5.65 Å². The predicted octanol–water partition coefficient (Wildman–Crippen LogP) is 1.20. The fourth-order valence-corrected chi connectivity index (χ4v) is 2.66. The topological polar surface area (TPSA) is 71.2 Å². The number of piperidine rings is 1. The number of rotatable bonds is 4. The van der Waals surface area contributed by atoms with Crippen LogP contribution in [0, 0.1) is 0 Å². The molecule has 20 heavy (non-hydrogen) atoms. The van der Waals surface area contributed by atoms with Crippen LogP contribution in [0.1, 0.15) is 33.1 Å². The Kier molecular flexibility index (Phi) is 3.52. The second-order valence-electron chi connectivity index (χ2n) is 5.96. The summed E-state index contributed by atoms with van der Waals surface area (Å²) in [5, 5.41) is 19.0. The smallest absolute Gasteiger partial charge is 0.200 e. The van der Waals surface area contributed by atoms with Gasteiger partial charge in [-0.15, -0.1) is 14.8 Å². The minimum absolute atomic E-state index is 0.123. The van der Waals surface area contributed by atoms with E-state index < -0.39 is 0 Å². The minimum Gasteiger partial charge on any atom is -0.367 e. The molecule has 0 spiro atoms. The van der Waals surface area contributed by atoms with Crippen molar-refractivity contribution in [3.05, 3.63) is 12.1 Å². The van der Waals surface area contributed by atoms with Gasteiger partial charge < -0.3 is 5.32 Å². The van der Waals surface area contributed by atoms with Crippen LogP contribution < -0.4 is 5.32 Å². The van der Waals surface area contributed by atoms with Crippen molar-refractivity contribution in [1.82, 2.24) is 30.2 Å². The van der Waals surface area contributed by atoms with E-state index in [0.717, 1.165) is 12.4 Å². The highest BCUT2D eigenvalue weighted by atomic mass is 15.6. The van der Waals surface area contributed by atoms with E-state index in [9.17, 15) is 0 Å². The molecule has 2 aromatic heterocycles. The van der Waals surface area contributed by atoms with Crippen molar-refractivity contribution in [2.24, 2.45) is 0 Å². The molecule has 1 saturated heterocycles. The largest absolute Gasteiger partial charge is 0.367 e. The third kappa shape index (κ3) is 2.72. The first-order valence-corrected chi connectivity index (χ1v) is 7.19. The van der Waals surface area contributed by atoms with Gasteiger partial charge in [-0.2, -0.15) is 0 Å². The average Bonchev–Trinajstić information content (AvgIpc) is 2.94. The summed E-state index contributed by atoms with van der Waals surface area (Å²) >= 11 is 0. The monoisotopic (exact) mass is 275 g/mol. The van der Waals surface area contributed by atoms with E-state index in [-0.39, 0.29) is 5.54 Å². The third-order valence-corrected chi connectivity index (χ3v) is 3.98. The molecule has 0 unspecified atom stereocenters. The maximum atomic E-state index is 4.33. The first kappa shape index (κ1) is 13.2. The quantitative estimate of drug-likeness (QED) is 0.904. The zero-order valence-corrected chi connectivity index (χ0v) is 12.1. The van der Waals surface area contributed by atoms with Crippen molar-refractivity contribution < 1.29 is 0 Å². The molecule has 0 aromatic carbocycles. The Labute approximate surface area is 118 Å². The number of fused-ring (bicyclic) bond motifs is 1. The average molecular weight is 275 g/mol. The molecule has 3 heterocycles. The van der Waals surface area contributed by atoms with Crippen LogP contribution in [0.15, 0.2) is 12.1 Å². The summed E-state index contributed by atoms with van der Waals surface area (Å²) in [6.45, 7) is 7.79. The molecule has 1 fully saturated rings. The number of nitrogens with one attached hydrogen (secondary N) is 1. The van der Waals surface area contributed by atoms with Gasteiger partial charge in [0.25, 0.3) is 0 Å². The van der Waals surface area contributed by atoms with Gasteiger partial charge in [-0.1, -0.05) is 6.42 Å². The van der Waals surface area contributed by atoms with Crippen molar-refractivity contribution in [2.75, 3.05) is 25.0 Å². The summed E-state index contributed by atoms with van der Waals surface area (Å²) in [5.41, 5.74) is 0.781. The summed E-state index contributed by atoms with van der Waals surface area (Å²) in [7, 11) is 0. The van der Waals surface area contributed by atoms with E-state index in [4.69, 9.17) is 0 Å². The van der Waals surface area contributed by atoms with Crippen molar-refractivity contribution >= 4 is 11.5 Å². The summed E-state index contributed by atoms with van der Waals surface area (Å²) in [5.74, 6) is 0.801. The molecule has 1 aliphatic heterocycles. The third-order valence-electron chi connectivity index (χ3n) is 3.98. The minimum atomic E-state index is 0.123. The molecule has 7 nitrogen and oxygen atoms in total. The van der Waals surface area contributed by atoms with Gasteiger partial charge in [0.15, 0.2) is 5.65 Å². The van der Waals surface area contributed by atoms with Crippen LogP contribution in [0.4, 0.5) is 5.82 Å². The maximum Gasteiger partial charge on any atom is 0.200 e. The molecular weight excluding hydrogens is 254 g/mol. The Morgan fingerprint density at radius 3 is 2.80 bits per heavy atom. The summed E-state index contributed by atoms with van der Waals surface area (Å²) in [6.07, 6.45) is 3.97. The number of nitrogens with zero attached hydrogens (tertiary/aromatic N) is 6. The molecule has 1 N–H and O–H groups in total. The van der Waals surface area contributed by atoms with Crippen molar-refractivity contribution in [2.45, 2.75) is 38.6 Å². The zero-order valence-electron chi connectivity index (χ0n) is 12.1. The maximum absolute atomic E-state index is 4.33. The lowest BCUT2D eigenvalue weighted by Crippen LogP contribution is -2.50. The first-order chi connectivity index (χ1) is 9.65. The van der Waals surface area contributed by atoms with Gasteiger partial charge in [0.05, 0.1) is 0 Å². The van der Waals surface area contributed by atoms with Gasteiger partial charge >= 0.3 is 0 Å². The fraction of sp³-hybridized carbons (Fsp3) is 0.692. The van der Waals surface area contributed by atoms with E-state index >= 15 is 0 Å². The second-order valence-corrected chi connectivity index (χ2v) is 5.96. The highest BCUT2D eigenvalue weighted by Gasteiger charge is 2.27. The van der Waals surface area contributed by atoms with E-state index in [1.165, 1.54) is 37.0 Å². The summed E-state index contributed by atoms with van der Waals surface area (Å²) in [4.78, 5) is 2.55. The molecule has 0 bridgehead atoms. The SMILES string of the molecule is CC(C)(CNc1ccc2nnnn2n1)N1CCCCC1. The molecule has 0 aliphatic carbocycles. The number of aromatic nitrogens is 5. The molecule has 7 heteroatoms. The standard InChI is InChI=1S/C13H21N7/c1-13(2,19-8-4-3-5-9-19)10-14-11-6-7-12-15-17-18-20(12)16-11/h6-7H,3-5,8-10H2,1-2H3,(H,14,16). The number of hydrogen-bond donors (Lipinski definition) is 1. The highest BCUT2D eigenvalue weighted by Crippen LogP contribution is 2.20. The normalized spacial score (nSPS) is 17.5. The molecule has 1 aliphatic rings. The van der Waals surface area contributed by atoms with E-state index in [0.29, 0.717) is 5.65 Å². The fourth-order valence-electron chi connectivity index (χ4n) is 2.66. The van der Waals surface area contributed by atoms with Crippen molar-refractivity contribution in [1.29, 1.82) is 0 Å². The van der Waals surface area contributed by atoms with Crippen LogP contribution in [-0.4, -0.2) is 55.3 Å². The summed E-state index contributed by atoms with van der Waals surface area (Å²) < 4.78 is 1.44. The molecule has 3 rings (SSSR count). The summed E-state index contributed by atoms with van der Waals surface area (Å²) in [6, 6.07) is 3.78. The lowest BCUT2D eigenvalue weighted by atomic mass is 9.98. The predicted molar refractivity (Wildman–Crippen MR) is 76.6 cm³/mol. The molecule has 0 radical (unpaired) electrons.